The number of allylic oxidation sites excluding steroid dienone is 4. The molecule has 1 heterocycles. The van der Waals surface area contributed by atoms with E-state index in [0.29, 0.717) is 17.1 Å². The van der Waals surface area contributed by atoms with E-state index in [9.17, 15) is 9.90 Å². The Morgan fingerprint density at radius 1 is 1.05 bits per heavy atom. The molecule has 1 saturated heterocycles. The Morgan fingerprint density at radius 2 is 1.65 bits per heavy atom. The van der Waals surface area contributed by atoms with Gasteiger partial charge in [-0.25, -0.2) is 0 Å². The van der Waals surface area contributed by atoms with Gasteiger partial charge in [-0.15, -0.1) is 0 Å². The molecule has 0 aromatic heterocycles. The van der Waals surface area contributed by atoms with Gasteiger partial charge in [0.2, 0.25) is 0 Å². The van der Waals surface area contributed by atoms with Gasteiger partial charge in [0, 0.05) is 42.0 Å². The summed E-state index contributed by atoms with van der Waals surface area (Å²) in [6.45, 7) is 20.8. The van der Waals surface area contributed by atoms with Crippen molar-refractivity contribution in [1.82, 2.24) is 10.2 Å². The van der Waals surface area contributed by atoms with Crippen LogP contribution in [0.1, 0.15) is 73.8 Å². The molecule has 1 unspecified atom stereocenters. The second-order valence-electron chi connectivity index (χ2n) is 9.70. The fraction of sp³-hybridized carbons (Fsp3) is 0.444. The minimum absolute atomic E-state index is 0.166. The number of β-amino-alcohol motifs (C(OH)–C–C–N with tert-alkyl or cyclic N) is 1. The Balaban J connectivity index is 0.00000276. The molecule has 3 N–H and O–H groups in total. The van der Waals surface area contributed by atoms with Crippen molar-refractivity contribution in [2.45, 2.75) is 74.3 Å². The number of nitrogens with zero attached hydrogens (tertiary/aromatic N) is 1. The third kappa shape index (κ3) is 12.5. The third-order valence-electron chi connectivity index (χ3n) is 6.99. The summed E-state index contributed by atoms with van der Waals surface area (Å²) < 4.78 is 0. The van der Waals surface area contributed by atoms with Crippen LogP contribution < -0.4 is 10.6 Å². The van der Waals surface area contributed by atoms with Gasteiger partial charge in [0.1, 0.15) is 6.79 Å². The maximum absolute atomic E-state index is 13.0. The van der Waals surface area contributed by atoms with E-state index in [2.05, 4.69) is 46.7 Å². The summed E-state index contributed by atoms with van der Waals surface area (Å²) in [7, 11) is 1.92. The monoisotopic (exact) mass is 611 g/mol. The molecule has 238 valence electrons. The van der Waals surface area contributed by atoms with Crippen molar-refractivity contribution in [3.8, 4) is 11.1 Å². The van der Waals surface area contributed by atoms with Crippen LogP contribution in [0.5, 0.6) is 0 Å². The van der Waals surface area contributed by atoms with Gasteiger partial charge in [0.05, 0.1) is 6.10 Å². The summed E-state index contributed by atoms with van der Waals surface area (Å²) in [6.07, 6.45) is 5.74. The van der Waals surface area contributed by atoms with Crippen LogP contribution in [0.2, 0.25) is 5.02 Å². The second-order valence-corrected chi connectivity index (χ2v) is 10.1. The van der Waals surface area contributed by atoms with E-state index < -0.39 is 6.10 Å². The number of hydrogen-bond acceptors (Lipinski definition) is 5. The van der Waals surface area contributed by atoms with Crippen LogP contribution in [0, 0.1) is 0 Å². The number of anilines is 1. The number of hydrogen-bond donors (Lipinski definition) is 3. The molecule has 1 amide bonds. The first kappa shape index (κ1) is 39.8. The molecule has 7 heteroatoms. The highest BCUT2D eigenvalue weighted by atomic mass is 35.5. The summed E-state index contributed by atoms with van der Waals surface area (Å²) in [4.78, 5) is 23.3. The summed E-state index contributed by atoms with van der Waals surface area (Å²) in [5, 5.41) is 17.3. The lowest BCUT2D eigenvalue weighted by molar-refractivity contribution is -0.117. The van der Waals surface area contributed by atoms with E-state index in [4.69, 9.17) is 16.4 Å². The first-order chi connectivity index (χ1) is 20.7. The lowest BCUT2D eigenvalue weighted by Crippen LogP contribution is -2.39. The van der Waals surface area contributed by atoms with Crippen LogP contribution >= 0.6 is 11.6 Å². The Kier molecular flexibility index (Phi) is 20.7. The number of rotatable bonds is 10. The van der Waals surface area contributed by atoms with Gasteiger partial charge in [-0.05, 0) is 99.7 Å². The molecule has 0 spiro atoms. The van der Waals surface area contributed by atoms with Gasteiger partial charge in [0.25, 0.3) is 5.91 Å². The zero-order valence-corrected chi connectivity index (χ0v) is 28.6. The number of aliphatic hydroxyl groups is 1. The SMILES string of the molecule is C/C=C(C(=O)NCC(O)CN1CCCC1)/C(C)=C(C)/C=C(\C)c1c(NC)cccc1-c1cccc(Cl)c1.C=O.CC.CC. The highest BCUT2D eigenvalue weighted by molar-refractivity contribution is 6.30. The summed E-state index contributed by atoms with van der Waals surface area (Å²) in [5.74, 6) is -0.166. The van der Waals surface area contributed by atoms with E-state index in [0.717, 1.165) is 52.2 Å². The van der Waals surface area contributed by atoms with Gasteiger partial charge in [-0.1, -0.05) is 75.7 Å². The number of likely N-dealkylation sites (tertiary alicyclic amines) is 1. The fourth-order valence-corrected chi connectivity index (χ4v) is 5.14. The quantitative estimate of drug-likeness (QED) is 0.186. The van der Waals surface area contributed by atoms with E-state index in [-0.39, 0.29) is 12.5 Å². The van der Waals surface area contributed by atoms with Crippen LogP contribution in [-0.4, -0.2) is 62.0 Å². The average molecular weight is 612 g/mol. The number of nitrogens with one attached hydrogen (secondary N) is 2. The number of halogens is 1. The normalized spacial score (nSPS) is 14.5. The number of carbonyl (C=O) groups is 2. The van der Waals surface area contributed by atoms with Crippen molar-refractivity contribution in [3.63, 3.8) is 0 Å². The van der Waals surface area contributed by atoms with Crippen molar-refractivity contribution in [1.29, 1.82) is 0 Å². The number of aliphatic hydroxyl groups excluding tert-OH is 1. The Labute approximate surface area is 265 Å². The van der Waals surface area contributed by atoms with Gasteiger partial charge < -0.3 is 25.4 Å². The second kappa shape index (κ2) is 22.4. The molecule has 43 heavy (non-hydrogen) atoms. The molecule has 2 aromatic rings. The minimum Gasteiger partial charge on any atom is -0.390 e. The maximum Gasteiger partial charge on any atom is 0.251 e. The van der Waals surface area contributed by atoms with Crippen LogP contribution in [0.15, 0.2) is 71.3 Å². The summed E-state index contributed by atoms with van der Waals surface area (Å²) in [5.41, 5.74) is 7.85. The lowest BCUT2D eigenvalue weighted by Gasteiger charge is -2.20. The molecule has 1 fully saturated rings. The smallest absolute Gasteiger partial charge is 0.251 e. The Bertz CT molecular complexity index is 1210. The first-order valence-electron chi connectivity index (χ1n) is 15.3. The van der Waals surface area contributed by atoms with Gasteiger partial charge in [-0.3, -0.25) is 4.79 Å². The van der Waals surface area contributed by atoms with E-state index in [1.165, 1.54) is 12.8 Å². The van der Waals surface area contributed by atoms with Crippen molar-refractivity contribution < 1.29 is 14.7 Å². The predicted molar refractivity (Wildman–Crippen MR) is 187 cm³/mol. The lowest BCUT2D eigenvalue weighted by atomic mass is 9.91. The summed E-state index contributed by atoms with van der Waals surface area (Å²) >= 11 is 6.29. The van der Waals surface area contributed by atoms with Crippen molar-refractivity contribution in [2.24, 2.45) is 0 Å². The zero-order valence-electron chi connectivity index (χ0n) is 27.8. The van der Waals surface area contributed by atoms with E-state index in [1.807, 2.05) is 92.6 Å². The third-order valence-corrected chi connectivity index (χ3v) is 7.23. The number of amides is 1. The molecule has 1 aliphatic heterocycles. The van der Waals surface area contributed by atoms with Crippen LogP contribution in [0.4, 0.5) is 5.69 Å². The van der Waals surface area contributed by atoms with Crippen molar-refractivity contribution in [2.75, 3.05) is 38.5 Å². The fourth-order valence-electron chi connectivity index (χ4n) is 4.95. The molecule has 6 nitrogen and oxygen atoms in total. The van der Waals surface area contributed by atoms with E-state index >= 15 is 0 Å². The summed E-state index contributed by atoms with van der Waals surface area (Å²) in [6, 6.07) is 14.1. The molecule has 3 rings (SSSR count). The average Bonchev–Trinajstić information content (AvgIpc) is 3.55. The Morgan fingerprint density at radius 3 is 2.21 bits per heavy atom. The largest absolute Gasteiger partial charge is 0.390 e. The van der Waals surface area contributed by atoms with Gasteiger partial charge in [-0.2, -0.15) is 0 Å². The first-order valence-corrected chi connectivity index (χ1v) is 15.7. The van der Waals surface area contributed by atoms with Crippen LogP contribution in [0.25, 0.3) is 16.7 Å². The van der Waals surface area contributed by atoms with Gasteiger partial charge >= 0.3 is 0 Å². The highest BCUT2D eigenvalue weighted by Gasteiger charge is 2.18. The molecular formula is C36H54ClN3O3. The molecule has 1 atom stereocenters. The van der Waals surface area contributed by atoms with E-state index in [1.54, 1.807) is 0 Å². The van der Waals surface area contributed by atoms with Crippen LogP contribution in [-0.2, 0) is 9.59 Å². The van der Waals surface area contributed by atoms with Crippen LogP contribution in [0.3, 0.4) is 0 Å². The maximum atomic E-state index is 13.0. The highest BCUT2D eigenvalue weighted by Crippen LogP contribution is 2.36. The molecule has 0 aliphatic carbocycles. The minimum atomic E-state index is -0.573. The molecule has 0 bridgehead atoms. The predicted octanol–water partition coefficient (Wildman–Crippen LogP) is 8.18. The number of carbonyl (C=O) groups excluding carboxylic acids is 2. The molecule has 2 aromatic carbocycles. The Hall–Kier alpha value is -3.19. The molecular weight excluding hydrogens is 558 g/mol. The van der Waals surface area contributed by atoms with Crippen molar-refractivity contribution >= 4 is 35.6 Å². The molecule has 0 saturated carbocycles. The van der Waals surface area contributed by atoms with Gasteiger partial charge in [0.15, 0.2) is 0 Å². The zero-order chi connectivity index (χ0) is 32.9. The number of benzene rings is 2. The molecule has 0 radical (unpaired) electrons. The topological polar surface area (TPSA) is 81.7 Å². The standard InChI is InChI=1S/C31H40ClN3O2.2C2H6.CH2O/c1-6-27(31(37)34-19-26(36)20-35-15-7-8-16-35)23(4)21(2)17-22(3)30-28(13-10-14-29(30)33-5)24-11-9-12-25(32)18-24;3*1-2/h6,9-14,17-18,26,33,36H,7-8,15-16,19-20H2,1-5H3,(H,34,37);2*1-2H3;1H2/b22-17+,23-21+,27-6-;;;. The molecule has 1 aliphatic rings. The van der Waals surface area contributed by atoms with Crippen molar-refractivity contribution in [3.05, 3.63) is 81.9 Å².